The largest absolute Gasteiger partial charge is 0.505 e. The van der Waals surface area contributed by atoms with Crippen LogP contribution in [0.5, 0.6) is 5.75 Å². The van der Waals surface area contributed by atoms with E-state index in [0.717, 1.165) is 6.20 Å². The molecule has 2 heterocycles. The van der Waals surface area contributed by atoms with Crippen LogP contribution in [0.25, 0.3) is 10.9 Å². The molecular weight excluding hydrogens is 420 g/mol. The molecule has 2 N–H and O–H groups in total. The topological polar surface area (TPSA) is 89.0 Å². The van der Waals surface area contributed by atoms with Crippen molar-refractivity contribution in [3.8, 4) is 5.75 Å². The number of aromatic nitrogens is 3. The average Bonchev–Trinajstić information content (AvgIpc) is 3.11. The third-order valence-electron chi connectivity index (χ3n) is 3.41. The first-order chi connectivity index (χ1) is 12.1. The monoisotopic (exact) mass is 428 g/mol. The smallest absolute Gasteiger partial charge is 0.493 e. The van der Waals surface area contributed by atoms with E-state index in [4.69, 9.17) is 27.9 Å². The van der Waals surface area contributed by atoms with E-state index in [1.165, 1.54) is 19.2 Å². The molecule has 2 aromatic heterocycles. The Hall–Kier alpha value is -2.11. The van der Waals surface area contributed by atoms with E-state index in [-0.39, 0.29) is 21.1 Å². The molecule has 0 amide bonds. The van der Waals surface area contributed by atoms with E-state index in [2.05, 4.69) is 10.1 Å². The van der Waals surface area contributed by atoms with Crippen molar-refractivity contribution >= 4 is 49.8 Å². The van der Waals surface area contributed by atoms with Crippen LogP contribution < -0.4 is 9.46 Å². The fourth-order valence-electron chi connectivity index (χ4n) is 2.32. The first-order valence-corrected chi connectivity index (χ1v) is 8.97. The number of alkyl halides is 3. The molecule has 1 aromatic carbocycles. The molecule has 13 heteroatoms. The van der Waals surface area contributed by atoms with E-state index in [9.17, 15) is 21.6 Å². The predicted octanol–water partition coefficient (Wildman–Crippen LogP) is 3.96. The number of halogens is 5. The van der Waals surface area contributed by atoms with Crippen LogP contribution in [-0.4, -0.2) is 30.3 Å². The minimum Gasteiger partial charge on any atom is -0.493 e. The first-order valence-electron chi connectivity index (χ1n) is 6.73. The summed E-state index contributed by atoms with van der Waals surface area (Å²) >= 11 is 11.5. The van der Waals surface area contributed by atoms with Crippen molar-refractivity contribution in [2.75, 3.05) is 11.8 Å². The second kappa shape index (κ2) is 6.25. The number of benzene rings is 1. The normalized spacial score (nSPS) is 12.5. The fraction of sp³-hybridized carbons (Fsp3) is 0.154. The maximum Gasteiger partial charge on any atom is 0.505 e. The molecule has 0 bridgehead atoms. The Kier molecular flexibility index (Phi) is 4.49. The molecule has 26 heavy (non-hydrogen) atoms. The van der Waals surface area contributed by atoms with Crippen molar-refractivity contribution < 1.29 is 26.3 Å². The van der Waals surface area contributed by atoms with E-state index in [0.29, 0.717) is 11.7 Å². The van der Waals surface area contributed by atoms with E-state index in [1.54, 1.807) is 0 Å². The lowest BCUT2D eigenvalue weighted by Crippen LogP contribution is -2.18. The number of sulfonamides is 1. The average molecular weight is 429 g/mol. The number of H-pyrrole nitrogens is 1. The van der Waals surface area contributed by atoms with Crippen LogP contribution in [0.1, 0.15) is 0 Å². The molecule has 0 fully saturated rings. The van der Waals surface area contributed by atoms with Crippen LogP contribution in [0.4, 0.5) is 18.9 Å². The standard InChI is InChI=1S/C13H9Cl2F3N4O3S/c1-25-11-7(14)3-2-6-9(5-19-10(6)11)26(23,24)21-8-4-20-22(12(8)15)13(16,17)18/h2-5,19,21H,1H3. The van der Waals surface area contributed by atoms with E-state index >= 15 is 0 Å². The molecule has 3 rings (SSSR count). The quantitative estimate of drug-likeness (QED) is 0.657. The van der Waals surface area contributed by atoms with Gasteiger partial charge in [0.2, 0.25) is 0 Å². The lowest BCUT2D eigenvalue weighted by molar-refractivity contribution is -0.212. The second-order valence-corrected chi connectivity index (χ2v) is 7.41. The fourth-order valence-corrected chi connectivity index (χ4v) is 4.07. The van der Waals surface area contributed by atoms with Gasteiger partial charge in [-0.3, -0.25) is 4.72 Å². The zero-order chi connectivity index (χ0) is 19.3. The Morgan fingerprint density at radius 2 is 2.00 bits per heavy atom. The SMILES string of the molecule is COc1c(Cl)ccc2c(S(=O)(=O)Nc3cnn(C(F)(F)F)c3Cl)c[nH]c12. The highest BCUT2D eigenvalue weighted by Gasteiger charge is 2.36. The predicted molar refractivity (Wildman–Crippen MR) is 89.2 cm³/mol. The minimum atomic E-state index is -4.88. The number of nitrogens with one attached hydrogen (secondary N) is 2. The maximum absolute atomic E-state index is 12.7. The van der Waals surface area contributed by atoms with Gasteiger partial charge in [-0.2, -0.15) is 9.78 Å². The van der Waals surface area contributed by atoms with Gasteiger partial charge in [0.15, 0.2) is 10.9 Å². The van der Waals surface area contributed by atoms with Crippen LogP contribution in [0, 0.1) is 0 Å². The third-order valence-corrected chi connectivity index (χ3v) is 5.48. The van der Waals surface area contributed by atoms with Gasteiger partial charge in [-0.25, -0.2) is 8.42 Å². The van der Waals surface area contributed by atoms with Gasteiger partial charge in [0.1, 0.15) is 10.6 Å². The van der Waals surface area contributed by atoms with Crippen LogP contribution >= 0.6 is 23.2 Å². The maximum atomic E-state index is 12.7. The Labute approximate surface area is 154 Å². The van der Waals surface area contributed by atoms with Crippen molar-refractivity contribution in [3.05, 3.63) is 34.7 Å². The molecule has 0 unspecified atom stereocenters. The molecule has 0 spiro atoms. The van der Waals surface area contributed by atoms with Gasteiger partial charge in [0, 0.05) is 11.6 Å². The van der Waals surface area contributed by atoms with Gasteiger partial charge < -0.3 is 9.72 Å². The zero-order valence-corrected chi connectivity index (χ0v) is 15.1. The summed E-state index contributed by atoms with van der Waals surface area (Å²) in [6.07, 6.45) is -3.06. The highest BCUT2D eigenvalue weighted by Crippen LogP contribution is 2.37. The summed E-state index contributed by atoms with van der Waals surface area (Å²) < 4.78 is 70.0. The lowest BCUT2D eigenvalue weighted by Gasteiger charge is -2.09. The minimum absolute atomic E-state index is 0.224. The number of fused-ring (bicyclic) bond motifs is 1. The van der Waals surface area contributed by atoms with Gasteiger partial charge in [0.25, 0.3) is 10.0 Å². The molecule has 7 nitrogen and oxygen atoms in total. The Bertz CT molecular complexity index is 1090. The van der Waals surface area contributed by atoms with Crippen LogP contribution in [-0.2, 0) is 16.3 Å². The zero-order valence-electron chi connectivity index (χ0n) is 12.7. The number of methoxy groups -OCH3 is 1. The third kappa shape index (κ3) is 3.06. The van der Waals surface area contributed by atoms with Crippen LogP contribution in [0.15, 0.2) is 29.4 Å². The molecule has 0 saturated carbocycles. The van der Waals surface area contributed by atoms with Crippen molar-refractivity contribution in [1.29, 1.82) is 0 Å². The molecule has 0 atom stereocenters. The molecule has 0 aliphatic heterocycles. The van der Waals surface area contributed by atoms with Gasteiger partial charge >= 0.3 is 6.30 Å². The summed E-state index contributed by atoms with van der Waals surface area (Å²) in [5.74, 6) is 0.230. The highest BCUT2D eigenvalue weighted by atomic mass is 35.5. The van der Waals surface area contributed by atoms with E-state index in [1.807, 2.05) is 4.72 Å². The summed E-state index contributed by atoms with van der Waals surface area (Å²) in [5.41, 5.74) is -0.197. The molecular formula is C13H9Cl2F3N4O3S. The van der Waals surface area contributed by atoms with Gasteiger partial charge in [-0.15, -0.1) is 13.2 Å². The number of ether oxygens (including phenoxy) is 1. The highest BCUT2D eigenvalue weighted by molar-refractivity contribution is 7.93. The summed E-state index contributed by atoms with van der Waals surface area (Å²) in [5, 5.41) is 2.62. The van der Waals surface area contributed by atoms with Crippen molar-refractivity contribution in [2.45, 2.75) is 11.2 Å². The van der Waals surface area contributed by atoms with Crippen LogP contribution in [0.3, 0.4) is 0 Å². The number of rotatable bonds is 4. The Balaban J connectivity index is 2.05. The summed E-state index contributed by atoms with van der Waals surface area (Å²) in [6, 6.07) is 2.87. The van der Waals surface area contributed by atoms with E-state index < -0.39 is 31.8 Å². The lowest BCUT2D eigenvalue weighted by atomic mass is 10.2. The molecule has 0 aliphatic carbocycles. The summed E-state index contributed by atoms with van der Waals surface area (Å²) in [4.78, 5) is 2.50. The number of nitrogens with zero attached hydrogens (tertiary/aromatic N) is 2. The Morgan fingerprint density at radius 1 is 1.31 bits per heavy atom. The molecule has 0 aliphatic rings. The first kappa shape index (κ1) is 18.7. The van der Waals surface area contributed by atoms with Crippen molar-refractivity contribution in [2.24, 2.45) is 0 Å². The summed E-state index contributed by atoms with van der Waals surface area (Å²) in [6.45, 7) is 0. The van der Waals surface area contributed by atoms with Crippen molar-refractivity contribution in [3.63, 3.8) is 0 Å². The van der Waals surface area contributed by atoms with Gasteiger partial charge in [0.05, 0.1) is 23.8 Å². The second-order valence-electron chi connectivity index (χ2n) is 4.99. The number of hydrogen-bond acceptors (Lipinski definition) is 4. The van der Waals surface area contributed by atoms with Gasteiger partial charge in [-0.05, 0) is 12.1 Å². The van der Waals surface area contributed by atoms with Crippen molar-refractivity contribution in [1.82, 2.24) is 14.8 Å². The van der Waals surface area contributed by atoms with Crippen LogP contribution in [0.2, 0.25) is 10.2 Å². The number of aromatic amines is 1. The molecule has 0 saturated heterocycles. The number of anilines is 1. The molecule has 3 aromatic rings. The summed E-state index contributed by atoms with van der Waals surface area (Å²) in [7, 11) is -2.91. The Morgan fingerprint density at radius 3 is 2.58 bits per heavy atom. The number of hydrogen-bond donors (Lipinski definition) is 2. The molecule has 140 valence electrons. The van der Waals surface area contributed by atoms with Gasteiger partial charge in [-0.1, -0.05) is 23.2 Å². The molecule has 0 radical (unpaired) electrons.